The number of ether oxygens (including phenoxy) is 2. The first-order chi connectivity index (χ1) is 18.3. The van der Waals surface area contributed by atoms with Crippen molar-refractivity contribution in [3.05, 3.63) is 58.1 Å². The van der Waals surface area contributed by atoms with E-state index in [1.165, 1.54) is 17.7 Å². The Kier molecular flexibility index (Phi) is 8.19. The van der Waals surface area contributed by atoms with Crippen molar-refractivity contribution in [1.29, 1.82) is 0 Å². The van der Waals surface area contributed by atoms with Crippen LogP contribution in [0.2, 0.25) is 10.0 Å². The van der Waals surface area contributed by atoms with Crippen molar-refractivity contribution in [2.45, 2.75) is 37.1 Å². The minimum Gasteiger partial charge on any atom is -0.497 e. The fraction of sp³-hybridized carbons (Fsp3) is 0.517. The average molecular weight is 561 g/mol. The van der Waals surface area contributed by atoms with E-state index in [-0.39, 0.29) is 17.6 Å². The van der Waals surface area contributed by atoms with Crippen LogP contribution in [0.15, 0.2) is 42.5 Å². The molecule has 1 amide bonds. The molecule has 2 aromatic carbocycles. The van der Waals surface area contributed by atoms with Crippen LogP contribution in [-0.4, -0.2) is 74.1 Å². The summed E-state index contributed by atoms with van der Waals surface area (Å²) >= 11 is 12.6. The Hall–Kier alpha value is -2.32. The molecule has 2 heterocycles. The second-order valence-electron chi connectivity index (χ2n) is 10.8. The van der Waals surface area contributed by atoms with Gasteiger partial charge in [-0.05, 0) is 86.7 Å². The predicted molar refractivity (Wildman–Crippen MR) is 148 cm³/mol. The number of rotatable bonds is 8. The number of methoxy groups -OCH3 is 1. The standard InChI is InChI=1S/C29H35Cl2N3O4/c1-33(28(36)38-23-8-6-22(37-2)7-9-23)29(18-32-16-24(29)21-5-10-25(30)26(31)15-21)27(35)20-11-13-34(14-12-20)17-19-3-4-19/h5-10,15,19-20,24,32H,3-4,11-14,16-18H2,1-2H3/t24-,29+/m0/s1. The first-order valence-corrected chi connectivity index (χ1v) is 14.1. The number of hydrogen-bond donors (Lipinski definition) is 1. The average Bonchev–Trinajstić information content (AvgIpc) is 3.64. The van der Waals surface area contributed by atoms with Crippen LogP contribution in [0.25, 0.3) is 0 Å². The molecule has 5 rings (SSSR count). The summed E-state index contributed by atoms with van der Waals surface area (Å²) in [5.74, 6) is 1.52. The van der Waals surface area contributed by atoms with Gasteiger partial charge in [0.2, 0.25) is 0 Å². The van der Waals surface area contributed by atoms with Gasteiger partial charge in [0.25, 0.3) is 0 Å². The number of nitrogens with one attached hydrogen (secondary N) is 1. The number of nitrogens with zero attached hydrogens (tertiary/aromatic N) is 2. The number of likely N-dealkylation sites (tertiary alicyclic amines) is 1. The molecule has 2 atom stereocenters. The first kappa shape index (κ1) is 27.3. The number of piperidine rings is 1. The molecular formula is C29H35Cl2N3O4. The monoisotopic (exact) mass is 559 g/mol. The highest BCUT2D eigenvalue weighted by Gasteiger charge is 2.56. The summed E-state index contributed by atoms with van der Waals surface area (Å²) in [4.78, 5) is 32.0. The molecule has 1 saturated carbocycles. The number of benzene rings is 2. The lowest BCUT2D eigenvalue weighted by molar-refractivity contribution is -0.135. The van der Waals surface area contributed by atoms with Gasteiger partial charge in [-0.3, -0.25) is 9.69 Å². The number of hydrogen-bond acceptors (Lipinski definition) is 6. The first-order valence-electron chi connectivity index (χ1n) is 13.3. The molecule has 0 radical (unpaired) electrons. The largest absolute Gasteiger partial charge is 0.497 e. The van der Waals surface area contributed by atoms with Gasteiger partial charge >= 0.3 is 6.09 Å². The molecule has 0 unspecified atom stereocenters. The normalized spacial score (nSPS) is 24.3. The zero-order chi connectivity index (χ0) is 26.9. The summed E-state index contributed by atoms with van der Waals surface area (Å²) in [6.45, 7) is 3.83. The summed E-state index contributed by atoms with van der Waals surface area (Å²) in [6, 6.07) is 12.3. The zero-order valence-corrected chi connectivity index (χ0v) is 23.4. The second kappa shape index (κ2) is 11.4. The Labute approximate surface area is 234 Å². The Morgan fingerprint density at radius 3 is 2.34 bits per heavy atom. The minimum absolute atomic E-state index is 0.0822. The highest BCUT2D eigenvalue weighted by atomic mass is 35.5. The third-order valence-electron chi connectivity index (χ3n) is 8.40. The van der Waals surface area contributed by atoms with E-state index < -0.39 is 11.6 Å². The lowest BCUT2D eigenvalue weighted by Gasteiger charge is -2.44. The molecular weight excluding hydrogens is 525 g/mol. The molecule has 1 N–H and O–H groups in total. The molecule has 3 aliphatic rings. The fourth-order valence-corrected chi connectivity index (χ4v) is 6.28. The summed E-state index contributed by atoms with van der Waals surface area (Å²) in [7, 11) is 3.25. The maximum absolute atomic E-state index is 14.5. The third kappa shape index (κ3) is 5.53. The second-order valence-corrected chi connectivity index (χ2v) is 11.6. The number of carbonyl (C=O) groups excluding carboxylic acids is 2. The number of amides is 1. The van der Waals surface area contributed by atoms with Gasteiger partial charge in [0, 0.05) is 38.5 Å². The Balaban J connectivity index is 1.42. The van der Waals surface area contributed by atoms with Gasteiger partial charge < -0.3 is 19.7 Å². The van der Waals surface area contributed by atoms with E-state index in [2.05, 4.69) is 10.2 Å². The Bertz CT molecular complexity index is 1160. The highest BCUT2D eigenvalue weighted by molar-refractivity contribution is 6.42. The quantitative estimate of drug-likeness (QED) is 0.476. The Morgan fingerprint density at radius 1 is 1.03 bits per heavy atom. The molecule has 1 aliphatic carbocycles. The molecule has 0 aromatic heterocycles. The summed E-state index contributed by atoms with van der Waals surface area (Å²) in [5, 5.41) is 4.28. The number of carbonyl (C=O) groups is 2. The molecule has 0 bridgehead atoms. The lowest BCUT2D eigenvalue weighted by atomic mass is 9.72. The molecule has 7 nitrogen and oxygen atoms in total. The van der Waals surface area contributed by atoms with Gasteiger partial charge in [0.1, 0.15) is 17.0 Å². The van der Waals surface area contributed by atoms with Crippen molar-refractivity contribution in [3.8, 4) is 11.5 Å². The van der Waals surface area contributed by atoms with Gasteiger partial charge in [-0.15, -0.1) is 0 Å². The van der Waals surface area contributed by atoms with Crippen LogP contribution in [0.4, 0.5) is 4.79 Å². The van der Waals surface area contributed by atoms with Crippen LogP contribution in [0.5, 0.6) is 11.5 Å². The molecule has 2 aromatic rings. The lowest BCUT2D eigenvalue weighted by Crippen LogP contribution is -2.62. The van der Waals surface area contributed by atoms with Crippen LogP contribution in [0, 0.1) is 11.8 Å². The topological polar surface area (TPSA) is 71.1 Å². The Morgan fingerprint density at radius 2 is 1.71 bits per heavy atom. The van der Waals surface area contributed by atoms with Gasteiger partial charge in [0.05, 0.1) is 17.2 Å². The van der Waals surface area contributed by atoms with Crippen LogP contribution in [0.3, 0.4) is 0 Å². The van der Waals surface area contributed by atoms with E-state index in [1.807, 2.05) is 12.1 Å². The van der Waals surface area contributed by atoms with Gasteiger partial charge in [0.15, 0.2) is 5.78 Å². The highest BCUT2D eigenvalue weighted by Crippen LogP contribution is 2.42. The maximum atomic E-state index is 14.5. The summed E-state index contributed by atoms with van der Waals surface area (Å²) in [5.41, 5.74) is -0.252. The van der Waals surface area contributed by atoms with Crippen molar-refractivity contribution in [3.63, 3.8) is 0 Å². The molecule has 2 saturated heterocycles. The number of halogens is 2. The van der Waals surface area contributed by atoms with E-state index in [9.17, 15) is 9.59 Å². The van der Waals surface area contributed by atoms with Crippen molar-refractivity contribution in [2.75, 3.05) is 46.9 Å². The van der Waals surface area contributed by atoms with Crippen LogP contribution in [-0.2, 0) is 4.79 Å². The van der Waals surface area contributed by atoms with E-state index >= 15 is 0 Å². The molecule has 38 heavy (non-hydrogen) atoms. The van der Waals surface area contributed by atoms with Gasteiger partial charge in [-0.25, -0.2) is 4.79 Å². The molecule has 204 valence electrons. The van der Waals surface area contributed by atoms with E-state index in [0.29, 0.717) is 34.6 Å². The van der Waals surface area contributed by atoms with Gasteiger partial charge in [-0.2, -0.15) is 0 Å². The molecule has 3 fully saturated rings. The van der Waals surface area contributed by atoms with Crippen molar-refractivity contribution < 1.29 is 19.1 Å². The van der Waals surface area contributed by atoms with Crippen LogP contribution < -0.4 is 14.8 Å². The van der Waals surface area contributed by atoms with E-state index in [4.69, 9.17) is 32.7 Å². The molecule has 2 aliphatic heterocycles. The van der Waals surface area contributed by atoms with Crippen LogP contribution in [0.1, 0.15) is 37.2 Å². The van der Waals surface area contributed by atoms with E-state index in [0.717, 1.165) is 44.0 Å². The van der Waals surface area contributed by atoms with Crippen molar-refractivity contribution >= 4 is 35.1 Å². The van der Waals surface area contributed by atoms with E-state index in [1.54, 1.807) is 44.5 Å². The number of Topliss-reactive ketones (excluding diaryl/α,β-unsaturated/α-hetero) is 1. The number of ketones is 1. The summed E-state index contributed by atoms with van der Waals surface area (Å²) < 4.78 is 10.9. The van der Waals surface area contributed by atoms with Crippen molar-refractivity contribution in [2.24, 2.45) is 11.8 Å². The van der Waals surface area contributed by atoms with Gasteiger partial charge in [-0.1, -0.05) is 29.3 Å². The maximum Gasteiger partial charge on any atom is 0.415 e. The summed E-state index contributed by atoms with van der Waals surface area (Å²) in [6.07, 6.45) is 3.65. The van der Waals surface area contributed by atoms with Crippen LogP contribution >= 0.6 is 23.2 Å². The zero-order valence-electron chi connectivity index (χ0n) is 21.9. The number of likely N-dealkylation sites (N-methyl/N-ethyl adjacent to an activating group) is 1. The molecule has 9 heteroatoms. The molecule has 0 spiro atoms. The predicted octanol–water partition coefficient (Wildman–Crippen LogP) is 5.25. The van der Waals surface area contributed by atoms with Crippen molar-refractivity contribution in [1.82, 2.24) is 15.1 Å². The minimum atomic E-state index is -1.12. The smallest absolute Gasteiger partial charge is 0.415 e. The third-order valence-corrected chi connectivity index (χ3v) is 9.14. The fourth-order valence-electron chi connectivity index (χ4n) is 5.97. The SMILES string of the molecule is COc1ccc(OC(=O)N(C)[C@]2(C(=O)C3CCN(CC4CC4)CC3)CNC[C@H]2c2ccc(Cl)c(Cl)c2)cc1.